The van der Waals surface area contributed by atoms with Crippen molar-refractivity contribution in [3.63, 3.8) is 0 Å². The first-order chi connectivity index (χ1) is 12.7. The van der Waals surface area contributed by atoms with E-state index in [9.17, 15) is 5.26 Å². The lowest BCUT2D eigenvalue weighted by Gasteiger charge is -2.24. The molecular weight excluding hydrogens is 396 g/mol. The largest absolute Gasteiger partial charge is 0.354 e. The summed E-state index contributed by atoms with van der Waals surface area (Å²) in [7, 11) is 1.87. The molecule has 1 fully saturated rings. The van der Waals surface area contributed by atoms with Crippen molar-refractivity contribution < 1.29 is 0 Å². The molecule has 0 saturated carbocycles. The van der Waals surface area contributed by atoms with Gasteiger partial charge in [0.25, 0.3) is 0 Å². The van der Waals surface area contributed by atoms with Crippen molar-refractivity contribution in [3.05, 3.63) is 34.8 Å². The number of nitriles is 1. The second-order valence-corrected chi connectivity index (χ2v) is 6.88. The fourth-order valence-corrected chi connectivity index (χ4v) is 3.94. The monoisotopic (exact) mass is 412 g/mol. The number of anilines is 2. The van der Waals surface area contributed by atoms with Crippen molar-refractivity contribution in [2.45, 2.75) is 6.42 Å². The number of rotatable bonds is 2. The van der Waals surface area contributed by atoms with Crippen LogP contribution in [0.15, 0.2) is 29.3 Å². The summed E-state index contributed by atoms with van der Waals surface area (Å²) in [5, 5.41) is 14.7. The van der Waals surface area contributed by atoms with Gasteiger partial charge in [-0.3, -0.25) is 0 Å². The third-order valence-corrected chi connectivity index (χ3v) is 5.12. The number of nitrogens with zero attached hydrogens (tertiary/aromatic N) is 8. The van der Waals surface area contributed by atoms with Crippen LogP contribution in [0.4, 0.5) is 11.6 Å². The van der Waals surface area contributed by atoms with Crippen LogP contribution in [0.25, 0.3) is 11.0 Å². The van der Waals surface area contributed by atoms with Gasteiger partial charge >= 0.3 is 0 Å². The Morgan fingerprint density at radius 2 is 1.85 bits per heavy atom. The number of halogens is 1. The van der Waals surface area contributed by atoms with Crippen molar-refractivity contribution in [3.8, 4) is 6.07 Å². The van der Waals surface area contributed by atoms with Crippen molar-refractivity contribution in [2.24, 2.45) is 7.05 Å². The van der Waals surface area contributed by atoms with Gasteiger partial charge in [-0.25, -0.2) is 19.6 Å². The van der Waals surface area contributed by atoms with Crippen molar-refractivity contribution in [1.29, 1.82) is 5.26 Å². The van der Waals surface area contributed by atoms with E-state index in [0.29, 0.717) is 5.56 Å². The quantitative estimate of drug-likeness (QED) is 0.636. The zero-order valence-corrected chi connectivity index (χ0v) is 15.9. The average molecular weight is 413 g/mol. The van der Waals surface area contributed by atoms with Gasteiger partial charge < -0.3 is 9.80 Å². The van der Waals surface area contributed by atoms with Crippen LogP contribution < -0.4 is 9.80 Å². The molecule has 8 nitrogen and oxygen atoms in total. The zero-order chi connectivity index (χ0) is 18.1. The molecule has 1 aliphatic rings. The molecule has 0 atom stereocenters. The summed E-state index contributed by atoms with van der Waals surface area (Å²) in [6.07, 6.45) is 4.27. The Hall–Kier alpha value is -2.73. The summed E-state index contributed by atoms with van der Waals surface area (Å²) in [6.45, 7) is 3.28. The highest BCUT2D eigenvalue weighted by Crippen LogP contribution is 2.30. The number of aryl methyl sites for hydroxylation is 1. The summed E-state index contributed by atoms with van der Waals surface area (Å²) in [5.74, 6) is 1.64. The average Bonchev–Trinajstić information content (AvgIpc) is 2.85. The van der Waals surface area contributed by atoms with Gasteiger partial charge in [-0.1, -0.05) is 0 Å². The van der Waals surface area contributed by atoms with Gasteiger partial charge in [0.1, 0.15) is 28.6 Å². The minimum absolute atomic E-state index is 0.611. The van der Waals surface area contributed by atoms with Crippen LogP contribution in [-0.2, 0) is 7.05 Å². The maximum Gasteiger partial charge on any atom is 0.164 e. The molecule has 132 valence electrons. The van der Waals surface area contributed by atoms with E-state index >= 15 is 0 Å². The predicted octanol–water partition coefficient (Wildman–Crippen LogP) is 2.11. The Kier molecular flexibility index (Phi) is 4.42. The maximum absolute atomic E-state index is 9.34. The van der Waals surface area contributed by atoms with Crippen LogP contribution >= 0.6 is 15.9 Å². The molecule has 1 aliphatic heterocycles. The molecule has 4 rings (SSSR count). The molecule has 3 aromatic rings. The van der Waals surface area contributed by atoms with E-state index in [1.54, 1.807) is 23.3 Å². The maximum atomic E-state index is 9.34. The third kappa shape index (κ3) is 2.86. The molecule has 0 N–H and O–H groups in total. The van der Waals surface area contributed by atoms with Crippen LogP contribution in [-0.4, -0.2) is 50.9 Å². The Bertz CT molecular complexity index is 992. The number of fused-ring (bicyclic) bond motifs is 1. The molecular formula is C17H17BrN8. The Morgan fingerprint density at radius 1 is 1.08 bits per heavy atom. The minimum Gasteiger partial charge on any atom is -0.354 e. The van der Waals surface area contributed by atoms with Crippen LogP contribution in [0.2, 0.25) is 0 Å². The first-order valence-corrected chi connectivity index (χ1v) is 9.16. The highest BCUT2D eigenvalue weighted by molar-refractivity contribution is 9.10. The molecule has 0 unspecified atom stereocenters. The lowest BCUT2D eigenvalue weighted by Crippen LogP contribution is -2.32. The molecule has 0 aromatic carbocycles. The van der Waals surface area contributed by atoms with Crippen molar-refractivity contribution in [2.75, 3.05) is 36.0 Å². The topological polar surface area (TPSA) is 86.8 Å². The van der Waals surface area contributed by atoms with Gasteiger partial charge in [0.15, 0.2) is 5.65 Å². The molecule has 0 amide bonds. The number of aromatic nitrogens is 5. The zero-order valence-electron chi connectivity index (χ0n) is 14.3. The summed E-state index contributed by atoms with van der Waals surface area (Å²) < 4.78 is 2.50. The first kappa shape index (κ1) is 16.7. The Morgan fingerprint density at radius 3 is 2.62 bits per heavy atom. The number of hydrogen-bond acceptors (Lipinski definition) is 7. The van der Waals surface area contributed by atoms with Crippen LogP contribution in [0.3, 0.4) is 0 Å². The van der Waals surface area contributed by atoms with Gasteiger partial charge in [-0.15, -0.1) is 0 Å². The van der Waals surface area contributed by atoms with E-state index in [-0.39, 0.29) is 0 Å². The molecule has 9 heteroatoms. The SMILES string of the molecule is Cn1nc(Br)c2c(N3CCCN(c4ncccc4C#N)CC3)ncnc21. The van der Waals surface area contributed by atoms with Crippen LogP contribution in [0, 0.1) is 11.3 Å². The van der Waals surface area contributed by atoms with Gasteiger partial charge in [0.05, 0.1) is 10.9 Å². The summed E-state index contributed by atoms with van der Waals surface area (Å²) in [4.78, 5) is 17.7. The molecule has 1 saturated heterocycles. The fourth-order valence-electron chi connectivity index (χ4n) is 3.34. The van der Waals surface area contributed by atoms with E-state index in [1.807, 2.05) is 13.1 Å². The molecule has 4 heterocycles. The van der Waals surface area contributed by atoms with E-state index in [2.05, 4.69) is 51.8 Å². The fraction of sp³-hybridized carbons (Fsp3) is 0.353. The van der Waals surface area contributed by atoms with Crippen LogP contribution in [0.5, 0.6) is 0 Å². The molecule has 26 heavy (non-hydrogen) atoms. The Labute approximate surface area is 159 Å². The van der Waals surface area contributed by atoms with Gasteiger partial charge in [0.2, 0.25) is 0 Å². The van der Waals surface area contributed by atoms with Crippen molar-refractivity contribution in [1.82, 2.24) is 24.7 Å². The molecule has 0 aliphatic carbocycles. The minimum atomic E-state index is 0.611. The number of pyridine rings is 1. The second-order valence-electron chi connectivity index (χ2n) is 6.12. The molecule has 0 spiro atoms. The van der Waals surface area contributed by atoms with E-state index in [4.69, 9.17) is 0 Å². The third-order valence-electron chi connectivity index (χ3n) is 4.56. The lowest BCUT2D eigenvalue weighted by atomic mass is 10.2. The predicted molar refractivity (Wildman–Crippen MR) is 102 cm³/mol. The standard InChI is InChI=1S/C17H17BrN8/c1-24-16-13(14(18)23-24)17(22-11-21-16)26-7-3-6-25(8-9-26)15-12(10-19)4-2-5-20-15/h2,4-5,11H,3,6-9H2,1H3. The van der Waals surface area contributed by atoms with Gasteiger partial charge in [-0.05, 0) is 34.5 Å². The second kappa shape index (κ2) is 6.88. The van der Waals surface area contributed by atoms with E-state index in [1.165, 1.54) is 0 Å². The smallest absolute Gasteiger partial charge is 0.164 e. The normalized spacial score (nSPS) is 15.1. The highest BCUT2D eigenvalue weighted by Gasteiger charge is 2.22. The lowest BCUT2D eigenvalue weighted by molar-refractivity contribution is 0.776. The summed E-state index contributed by atoms with van der Waals surface area (Å²) in [6, 6.07) is 5.84. The highest BCUT2D eigenvalue weighted by atomic mass is 79.9. The van der Waals surface area contributed by atoms with Gasteiger partial charge in [-0.2, -0.15) is 10.4 Å². The summed E-state index contributed by atoms with van der Waals surface area (Å²) >= 11 is 3.53. The molecule has 3 aromatic heterocycles. The van der Waals surface area contributed by atoms with E-state index in [0.717, 1.165) is 59.9 Å². The van der Waals surface area contributed by atoms with Crippen molar-refractivity contribution >= 4 is 38.6 Å². The summed E-state index contributed by atoms with van der Waals surface area (Å²) in [5.41, 5.74) is 1.42. The first-order valence-electron chi connectivity index (χ1n) is 8.37. The van der Waals surface area contributed by atoms with E-state index < -0.39 is 0 Å². The Balaban J connectivity index is 1.63. The molecule has 0 radical (unpaired) electrons. The molecule has 0 bridgehead atoms. The van der Waals surface area contributed by atoms with Crippen LogP contribution in [0.1, 0.15) is 12.0 Å². The number of hydrogen-bond donors (Lipinski definition) is 0. The van der Waals surface area contributed by atoms with Gasteiger partial charge in [0, 0.05) is 39.4 Å².